The van der Waals surface area contributed by atoms with Gasteiger partial charge in [0.1, 0.15) is 24.4 Å². The number of aliphatic hydroxyl groups excluding tert-OH is 8. The van der Waals surface area contributed by atoms with Gasteiger partial charge >= 0.3 is 0 Å². The molecule has 0 bridgehead atoms. The van der Waals surface area contributed by atoms with E-state index in [1.54, 1.807) is 6.08 Å². The topological polar surface area (TPSA) is 162 Å². The molecule has 0 aromatic heterocycles. The van der Waals surface area contributed by atoms with Crippen molar-refractivity contribution in [2.75, 3.05) is 26.4 Å². The van der Waals surface area contributed by atoms with E-state index in [-0.39, 0.29) is 13.2 Å². The molecule has 8 nitrogen and oxygen atoms in total. The third-order valence-corrected chi connectivity index (χ3v) is 1.96. The van der Waals surface area contributed by atoms with E-state index in [4.69, 9.17) is 40.9 Å². The molecule has 8 N–H and O–H groups in total. The number of hydrogen-bond donors (Lipinski definition) is 8. The molecule has 0 heterocycles. The van der Waals surface area contributed by atoms with Crippen LogP contribution in [0.2, 0.25) is 0 Å². The molecule has 0 aromatic carbocycles. The summed E-state index contributed by atoms with van der Waals surface area (Å²) < 4.78 is 0. The fourth-order valence-electron chi connectivity index (χ4n) is 0.671. The summed E-state index contributed by atoms with van der Waals surface area (Å²) in [6, 6.07) is 0. The van der Waals surface area contributed by atoms with Gasteiger partial charge in [0.2, 0.25) is 0 Å². The molecular weight excluding hydrogens is 284 g/mol. The van der Waals surface area contributed by atoms with E-state index in [1.165, 1.54) is 0 Å². The van der Waals surface area contributed by atoms with E-state index in [1.807, 2.05) is 6.92 Å². The zero-order valence-electron chi connectivity index (χ0n) is 12.2. The van der Waals surface area contributed by atoms with E-state index in [0.29, 0.717) is 0 Å². The monoisotopic (exact) mass is 312 g/mol. The Balaban J connectivity index is -0.000000297. The summed E-state index contributed by atoms with van der Waals surface area (Å²) in [5.41, 5.74) is 1.02. The van der Waals surface area contributed by atoms with E-state index < -0.39 is 37.6 Å². The smallest absolute Gasteiger partial charge is 0.111 e. The quantitative estimate of drug-likeness (QED) is 0.233. The Morgan fingerprint density at radius 1 is 0.857 bits per heavy atom. The minimum Gasteiger partial charge on any atom is -0.394 e. The van der Waals surface area contributed by atoms with Crippen LogP contribution in [-0.4, -0.2) is 91.7 Å². The van der Waals surface area contributed by atoms with E-state index in [9.17, 15) is 0 Å². The lowest BCUT2D eigenvalue weighted by molar-refractivity contribution is -0.123. The molecule has 0 aliphatic heterocycles. The van der Waals surface area contributed by atoms with E-state index >= 15 is 0 Å². The minimum atomic E-state index is -1.67. The predicted molar refractivity (Wildman–Crippen MR) is 77.4 cm³/mol. The molecule has 0 aromatic rings. The maximum atomic E-state index is 8.96. The highest BCUT2D eigenvalue weighted by Gasteiger charge is 2.29. The van der Waals surface area contributed by atoms with Crippen LogP contribution in [0, 0.1) is 0 Å². The van der Waals surface area contributed by atoms with Gasteiger partial charge in [-0.25, -0.2) is 0 Å². The average molecular weight is 312 g/mol. The Hall–Kier alpha value is -0.840. The lowest BCUT2D eigenvalue weighted by atomic mass is 10.0. The lowest BCUT2D eigenvalue weighted by Gasteiger charge is -2.24. The summed E-state index contributed by atoms with van der Waals surface area (Å²) in [7, 11) is 0. The Labute approximate surface area is 124 Å². The summed E-state index contributed by atoms with van der Waals surface area (Å²) in [6.07, 6.45) is -4.67. The van der Waals surface area contributed by atoms with Gasteiger partial charge in [0.05, 0.1) is 26.4 Å². The summed E-state index contributed by atoms with van der Waals surface area (Å²) in [4.78, 5) is 0. The molecule has 0 amide bonds. The van der Waals surface area contributed by atoms with Crippen molar-refractivity contribution < 1.29 is 40.9 Å². The minimum absolute atomic E-state index is 0.125. The summed E-state index contributed by atoms with van der Waals surface area (Å²) >= 11 is 0. The second-order valence-electron chi connectivity index (χ2n) is 3.98. The van der Waals surface area contributed by atoms with Crippen LogP contribution in [0.1, 0.15) is 6.92 Å². The molecule has 0 unspecified atom stereocenters. The second-order valence-corrected chi connectivity index (χ2v) is 3.98. The average Bonchev–Trinajstić information content (AvgIpc) is 2.52. The Morgan fingerprint density at radius 2 is 1.10 bits per heavy atom. The van der Waals surface area contributed by atoms with Crippen molar-refractivity contribution in [1.29, 1.82) is 0 Å². The molecule has 0 saturated heterocycles. The SMILES string of the molecule is C=CC(=C)C.OCCO.OC[C@@H](O)[C@@H](O)[C@H](O)[C@@H](O)CO. The molecule has 0 saturated carbocycles. The number of rotatable bonds is 7. The largest absolute Gasteiger partial charge is 0.394 e. The van der Waals surface area contributed by atoms with Crippen molar-refractivity contribution in [3.63, 3.8) is 0 Å². The van der Waals surface area contributed by atoms with Crippen LogP contribution in [0.3, 0.4) is 0 Å². The summed E-state index contributed by atoms with van der Waals surface area (Å²) in [5.74, 6) is 0. The van der Waals surface area contributed by atoms with Crippen LogP contribution in [0.15, 0.2) is 24.8 Å². The zero-order valence-corrected chi connectivity index (χ0v) is 12.2. The molecule has 0 aliphatic rings. The predicted octanol–water partition coefficient (Wildman–Crippen LogP) is -2.87. The van der Waals surface area contributed by atoms with Crippen LogP contribution in [0.4, 0.5) is 0 Å². The first-order chi connectivity index (χ1) is 9.72. The van der Waals surface area contributed by atoms with Gasteiger partial charge in [-0.1, -0.05) is 24.8 Å². The maximum absolute atomic E-state index is 8.96. The highest BCUT2D eigenvalue weighted by molar-refractivity contribution is 5.05. The van der Waals surface area contributed by atoms with Crippen molar-refractivity contribution >= 4 is 0 Å². The first kappa shape index (κ1) is 25.1. The molecule has 0 fully saturated rings. The molecule has 8 heteroatoms. The number of aliphatic hydroxyl groups is 8. The fraction of sp³-hybridized carbons (Fsp3) is 0.692. The molecule has 0 spiro atoms. The van der Waals surface area contributed by atoms with Crippen molar-refractivity contribution in [2.24, 2.45) is 0 Å². The molecule has 4 atom stereocenters. The molecular formula is C13H28O8. The van der Waals surface area contributed by atoms with Crippen LogP contribution in [0.25, 0.3) is 0 Å². The van der Waals surface area contributed by atoms with Gasteiger partial charge < -0.3 is 40.9 Å². The summed E-state index contributed by atoms with van der Waals surface area (Å²) in [5, 5.41) is 67.4. The van der Waals surface area contributed by atoms with Crippen molar-refractivity contribution in [3.8, 4) is 0 Å². The number of hydrogen-bond acceptors (Lipinski definition) is 8. The highest BCUT2D eigenvalue weighted by Crippen LogP contribution is 2.03. The third-order valence-electron chi connectivity index (χ3n) is 1.96. The molecule has 0 rings (SSSR count). The number of allylic oxidation sites excluding steroid dienone is 2. The highest BCUT2D eigenvalue weighted by atomic mass is 16.4. The van der Waals surface area contributed by atoms with E-state index in [2.05, 4.69) is 13.2 Å². The maximum Gasteiger partial charge on any atom is 0.111 e. The van der Waals surface area contributed by atoms with Gasteiger partial charge in [0, 0.05) is 0 Å². The normalized spacial score (nSPS) is 15.3. The van der Waals surface area contributed by atoms with Crippen LogP contribution in [0.5, 0.6) is 0 Å². The molecule has 21 heavy (non-hydrogen) atoms. The Morgan fingerprint density at radius 3 is 1.19 bits per heavy atom. The molecule has 0 aliphatic carbocycles. The Bertz CT molecular complexity index is 230. The zero-order chi connectivity index (χ0) is 17.4. The summed E-state index contributed by atoms with van der Waals surface area (Å²) in [6.45, 7) is 7.22. The van der Waals surface area contributed by atoms with Gasteiger partial charge in [0.25, 0.3) is 0 Å². The fourth-order valence-corrected chi connectivity index (χ4v) is 0.671. The van der Waals surface area contributed by atoms with Gasteiger partial charge in [-0.3, -0.25) is 0 Å². The van der Waals surface area contributed by atoms with Gasteiger partial charge in [-0.2, -0.15) is 0 Å². The van der Waals surface area contributed by atoms with Crippen molar-refractivity contribution in [1.82, 2.24) is 0 Å². The first-order valence-corrected chi connectivity index (χ1v) is 6.16. The van der Waals surface area contributed by atoms with Crippen LogP contribution in [-0.2, 0) is 0 Å². The lowest BCUT2D eigenvalue weighted by Crippen LogP contribution is -2.46. The Kier molecular flexibility index (Phi) is 20.6. The van der Waals surface area contributed by atoms with Gasteiger partial charge in [0.15, 0.2) is 0 Å². The first-order valence-electron chi connectivity index (χ1n) is 6.16. The van der Waals surface area contributed by atoms with Crippen molar-refractivity contribution in [2.45, 2.75) is 31.3 Å². The second kappa shape index (κ2) is 17.2. The van der Waals surface area contributed by atoms with Crippen LogP contribution >= 0.6 is 0 Å². The standard InChI is InChI=1S/C6H14O6.C5H8.C2H6O2/c7-1-3(9)5(11)6(12)4(10)2-8;1-4-5(2)3;3-1-2-4/h3-12H,1-2H2;4H,1-2H2,3H3;3-4H,1-2H2/t3-,4+,5-,6-;;/m1../s1. The molecule has 128 valence electrons. The van der Waals surface area contributed by atoms with Gasteiger partial charge in [-0.15, -0.1) is 0 Å². The van der Waals surface area contributed by atoms with Gasteiger partial charge in [-0.05, 0) is 6.92 Å². The van der Waals surface area contributed by atoms with Crippen molar-refractivity contribution in [3.05, 3.63) is 24.8 Å². The van der Waals surface area contributed by atoms with E-state index in [0.717, 1.165) is 5.57 Å². The van der Waals surface area contributed by atoms with Crippen LogP contribution < -0.4 is 0 Å². The molecule has 0 radical (unpaired) electrons. The third kappa shape index (κ3) is 17.1.